The zero-order chi connectivity index (χ0) is 14.8. The Morgan fingerprint density at radius 2 is 1.90 bits per heavy atom. The van der Waals surface area contributed by atoms with Crippen LogP contribution in [0.2, 0.25) is 0 Å². The summed E-state index contributed by atoms with van der Waals surface area (Å²) in [6.07, 6.45) is 0. The SMILES string of the molecule is Cc1cccc(CNc2cc(C)nc3ccc(N)cc23)c1. The predicted molar refractivity (Wildman–Crippen MR) is 89.4 cm³/mol. The number of fused-ring (bicyclic) bond motifs is 1. The molecule has 3 aromatic rings. The number of pyridine rings is 1. The zero-order valence-corrected chi connectivity index (χ0v) is 12.4. The molecule has 0 fully saturated rings. The van der Waals surface area contributed by atoms with E-state index in [1.165, 1.54) is 11.1 Å². The lowest BCUT2D eigenvalue weighted by molar-refractivity contribution is 1.14. The van der Waals surface area contributed by atoms with Crippen molar-refractivity contribution in [2.24, 2.45) is 0 Å². The summed E-state index contributed by atoms with van der Waals surface area (Å²) in [5, 5.41) is 4.57. The van der Waals surface area contributed by atoms with Gasteiger partial charge in [0, 0.05) is 29.0 Å². The molecule has 3 N–H and O–H groups in total. The van der Waals surface area contributed by atoms with Gasteiger partial charge in [-0.05, 0) is 43.7 Å². The van der Waals surface area contributed by atoms with Crippen molar-refractivity contribution in [1.82, 2.24) is 4.98 Å². The molecule has 3 nitrogen and oxygen atoms in total. The number of aromatic nitrogens is 1. The molecule has 2 aromatic carbocycles. The summed E-state index contributed by atoms with van der Waals surface area (Å²) < 4.78 is 0. The number of benzene rings is 2. The Balaban J connectivity index is 1.94. The van der Waals surface area contributed by atoms with Crippen molar-refractivity contribution in [2.45, 2.75) is 20.4 Å². The van der Waals surface area contributed by atoms with Crippen LogP contribution >= 0.6 is 0 Å². The van der Waals surface area contributed by atoms with Gasteiger partial charge < -0.3 is 11.1 Å². The molecule has 0 unspecified atom stereocenters. The van der Waals surface area contributed by atoms with Gasteiger partial charge in [0.2, 0.25) is 0 Å². The lowest BCUT2D eigenvalue weighted by Crippen LogP contribution is -2.02. The van der Waals surface area contributed by atoms with E-state index in [2.05, 4.69) is 47.6 Å². The van der Waals surface area contributed by atoms with Crippen LogP contribution in [0.4, 0.5) is 11.4 Å². The minimum Gasteiger partial charge on any atom is -0.399 e. The quantitative estimate of drug-likeness (QED) is 0.710. The summed E-state index contributed by atoms with van der Waals surface area (Å²) in [5.41, 5.74) is 12.2. The molecular formula is C18H19N3. The number of nitrogens with two attached hydrogens (primary N) is 1. The maximum Gasteiger partial charge on any atom is 0.0727 e. The normalized spacial score (nSPS) is 10.8. The van der Waals surface area contributed by atoms with Gasteiger partial charge in [0.25, 0.3) is 0 Å². The Bertz CT molecular complexity index is 794. The first-order valence-corrected chi connectivity index (χ1v) is 7.08. The highest BCUT2D eigenvalue weighted by atomic mass is 14.9. The highest BCUT2D eigenvalue weighted by Crippen LogP contribution is 2.25. The van der Waals surface area contributed by atoms with Crippen molar-refractivity contribution >= 4 is 22.3 Å². The lowest BCUT2D eigenvalue weighted by atomic mass is 10.1. The van der Waals surface area contributed by atoms with Crippen LogP contribution in [0.5, 0.6) is 0 Å². The second kappa shape index (κ2) is 5.44. The first-order valence-electron chi connectivity index (χ1n) is 7.08. The molecule has 0 bridgehead atoms. The molecule has 1 aromatic heterocycles. The minimum atomic E-state index is 0.756. The number of anilines is 2. The molecule has 0 saturated carbocycles. The van der Waals surface area contributed by atoms with E-state index in [0.717, 1.165) is 34.5 Å². The number of rotatable bonds is 3. The Hall–Kier alpha value is -2.55. The lowest BCUT2D eigenvalue weighted by Gasteiger charge is -2.12. The Morgan fingerprint density at radius 3 is 2.71 bits per heavy atom. The maximum atomic E-state index is 5.90. The predicted octanol–water partition coefficient (Wildman–Crippen LogP) is 4.05. The van der Waals surface area contributed by atoms with Crippen molar-refractivity contribution in [3.05, 3.63) is 65.4 Å². The van der Waals surface area contributed by atoms with E-state index in [9.17, 15) is 0 Å². The van der Waals surface area contributed by atoms with Crippen molar-refractivity contribution in [3.8, 4) is 0 Å². The molecule has 0 spiro atoms. The van der Waals surface area contributed by atoms with Crippen molar-refractivity contribution < 1.29 is 0 Å². The van der Waals surface area contributed by atoms with Gasteiger partial charge in [-0.1, -0.05) is 29.8 Å². The molecule has 0 saturated heterocycles. The largest absolute Gasteiger partial charge is 0.399 e. The molecule has 21 heavy (non-hydrogen) atoms. The summed E-state index contributed by atoms with van der Waals surface area (Å²) in [7, 11) is 0. The molecule has 0 aliphatic rings. The third-order valence-corrected chi connectivity index (χ3v) is 3.53. The van der Waals surface area contributed by atoms with E-state index >= 15 is 0 Å². The average Bonchev–Trinajstić information content (AvgIpc) is 2.45. The Morgan fingerprint density at radius 1 is 1.05 bits per heavy atom. The fraction of sp³-hybridized carbons (Fsp3) is 0.167. The van der Waals surface area contributed by atoms with Gasteiger partial charge in [0.05, 0.1) is 5.52 Å². The van der Waals surface area contributed by atoms with E-state index in [4.69, 9.17) is 5.73 Å². The third-order valence-electron chi connectivity index (χ3n) is 3.53. The van der Waals surface area contributed by atoms with Crippen LogP contribution in [-0.2, 0) is 6.54 Å². The van der Waals surface area contributed by atoms with Crippen molar-refractivity contribution in [1.29, 1.82) is 0 Å². The first-order chi connectivity index (χ1) is 10.1. The molecule has 1 heterocycles. The molecule has 0 atom stereocenters. The van der Waals surface area contributed by atoms with Gasteiger partial charge in [-0.3, -0.25) is 4.98 Å². The smallest absolute Gasteiger partial charge is 0.0727 e. The number of aryl methyl sites for hydroxylation is 2. The first kappa shape index (κ1) is 13.4. The second-order valence-corrected chi connectivity index (χ2v) is 5.43. The van der Waals surface area contributed by atoms with Crippen LogP contribution in [-0.4, -0.2) is 4.98 Å². The van der Waals surface area contributed by atoms with Crippen LogP contribution in [0, 0.1) is 13.8 Å². The van der Waals surface area contributed by atoms with Crippen LogP contribution in [0.25, 0.3) is 10.9 Å². The number of hydrogen-bond donors (Lipinski definition) is 2. The van der Waals surface area contributed by atoms with Crippen LogP contribution in [0.1, 0.15) is 16.8 Å². The summed E-state index contributed by atoms with van der Waals surface area (Å²) in [6, 6.07) is 16.4. The van der Waals surface area contributed by atoms with Crippen LogP contribution in [0.15, 0.2) is 48.5 Å². The van der Waals surface area contributed by atoms with E-state index in [1.807, 2.05) is 25.1 Å². The molecule has 0 radical (unpaired) electrons. The highest BCUT2D eigenvalue weighted by Gasteiger charge is 2.04. The molecule has 3 rings (SSSR count). The summed E-state index contributed by atoms with van der Waals surface area (Å²) in [4.78, 5) is 4.55. The number of nitrogens with zero attached hydrogens (tertiary/aromatic N) is 1. The van der Waals surface area contributed by atoms with E-state index in [-0.39, 0.29) is 0 Å². The molecule has 0 amide bonds. The highest BCUT2D eigenvalue weighted by molar-refractivity contribution is 5.93. The van der Waals surface area contributed by atoms with E-state index in [1.54, 1.807) is 0 Å². The number of nitrogen functional groups attached to an aromatic ring is 1. The number of hydrogen-bond acceptors (Lipinski definition) is 3. The maximum absolute atomic E-state index is 5.90. The van der Waals surface area contributed by atoms with Gasteiger partial charge >= 0.3 is 0 Å². The number of nitrogens with one attached hydrogen (secondary N) is 1. The Kier molecular flexibility index (Phi) is 3.48. The summed E-state index contributed by atoms with van der Waals surface area (Å²) >= 11 is 0. The van der Waals surface area contributed by atoms with Crippen LogP contribution < -0.4 is 11.1 Å². The third kappa shape index (κ3) is 2.97. The van der Waals surface area contributed by atoms with Gasteiger partial charge in [-0.2, -0.15) is 0 Å². The van der Waals surface area contributed by atoms with Crippen molar-refractivity contribution in [3.63, 3.8) is 0 Å². The average molecular weight is 277 g/mol. The second-order valence-electron chi connectivity index (χ2n) is 5.43. The zero-order valence-electron chi connectivity index (χ0n) is 12.4. The van der Waals surface area contributed by atoms with Gasteiger partial charge in [-0.25, -0.2) is 0 Å². The van der Waals surface area contributed by atoms with E-state index < -0.39 is 0 Å². The van der Waals surface area contributed by atoms with E-state index in [0.29, 0.717) is 0 Å². The summed E-state index contributed by atoms with van der Waals surface area (Å²) in [6.45, 7) is 4.90. The van der Waals surface area contributed by atoms with Gasteiger partial charge in [0.15, 0.2) is 0 Å². The van der Waals surface area contributed by atoms with Crippen LogP contribution in [0.3, 0.4) is 0 Å². The fourth-order valence-corrected chi connectivity index (χ4v) is 2.54. The van der Waals surface area contributed by atoms with Gasteiger partial charge in [0.1, 0.15) is 0 Å². The Labute approximate surface area is 124 Å². The van der Waals surface area contributed by atoms with Gasteiger partial charge in [-0.15, -0.1) is 0 Å². The molecule has 0 aliphatic heterocycles. The molecule has 3 heteroatoms. The molecular weight excluding hydrogens is 258 g/mol. The molecule has 106 valence electrons. The summed E-state index contributed by atoms with van der Waals surface area (Å²) in [5.74, 6) is 0. The topological polar surface area (TPSA) is 50.9 Å². The van der Waals surface area contributed by atoms with Crippen molar-refractivity contribution in [2.75, 3.05) is 11.1 Å². The molecule has 0 aliphatic carbocycles. The minimum absolute atomic E-state index is 0.756. The monoisotopic (exact) mass is 277 g/mol. The standard InChI is InChI=1S/C18H19N3/c1-12-4-3-5-14(8-12)11-20-18-9-13(2)21-17-7-6-15(19)10-16(17)18/h3-10H,11,19H2,1-2H3,(H,20,21). The fourth-order valence-electron chi connectivity index (χ4n) is 2.54.